The second-order valence-corrected chi connectivity index (χ2v) is 2.75. The highest BCUT2D eigenvalue weighted by atomic mass is 127. The normalized spacial score (nSPS) is 25.3. The van der Waals surface area contributed by atoms with Crippen molar-refractivity contribution in [2.24, 2.45) is 0 Å². The van der Waals surface area contributed by atoms with Crippen LogP contribution in [-0.2, 0) is 9.59 Å². The molecule has 2 rings (SSSR count). The van der Waals surface area contributed by atoms with Crippen molar-refractivity contribution < 1.29 is 14.7 Å². The van der Waals surface area contributed by atoms with Gasteiger partial charge in [0.1, 0.15) is 5.70 Å². The molecule has 5 heteroatoms. The maximum Gasteiger partial charge on any atom is 0.352 e. The average molecular weight is 281 g/mol. The lowest BCUT2D eigenvalue weighted by Gasteiger charge is -2.35. The molecule has 0 aromatic carbocycles. The molecule has 2 aliphatic heterocycles. The van der Waals surface area contributed by atoms with E-state index in [-0.39, 0.29) is 41.6 Å². The lowest BCUT2D eigenvalue weighted by molar-refractivity contribution is -0.147. The fraction of sp³-hybridized carbons (Fsp3) is 0.429. The van der Waals surface area contributed by atoms with Crippen LogP contribution in [0, 0.1) is 0 Å². The van der Waals surface area contributed by atoms with Crippen LogP contribution in [0.15, 0.2) is 11.8 Å². The molecule has 0 radical (unpaired) electrons. The maximum absolute atomic E-state index is 10.8. The number of aliphatic carboxylic acids is 1. The molecule has 1 atom stereocenters. The standard InChI is InChI=1S/C7H7NO3.HI/c9-6-3-4-1-2-5(7(10)11)8(4)6;/h2,4H,1,3H2,(H,10,11);1H/t4-;/m1./s1. The Bertz CT molecular complexity index is 274. The zero-order chi connectivity index (χ0) is 8.01. The molecule has 0 saturated carbocycles. The number of carbonyl (C=O) groups is 2. The van der Waals surface area contributed by atoms with Gasteiger partial charge in [0.15, 0.2) is 0 Å². The largest absolute Gasteiger partial charge is 0.477 e. The molecule has 66 valence electrons. The van der Waals surface area contributed by atoms with E-state index in [2.05, 4.69) is 0 Å². The predicted molar refractivity (Wildman–Crippen MR) is 51.0 cm³/mol. The van der Waals surface area contributed by atoms with Crippen LogP contribution in [0.2, 0.25) is 0 Å². The van der Waals surface area contributed by atoms with Crippen molar-refractivity contribution in [2.45, 2.75) is 18.9 Å². The molecule has 0 aliphatic carbocycles. The first-order chi connectivity index (χ1) is 5.20. The van der Waals surface area contributed by atoms with E-state index in [1.54, 1.807) is 6.08 Å². The molecule has 1 saturated heterocycles. The lowest BCUT2D eigenvalue weighted by Crippen LogP contribution is -2.49. The van der Waals surface area contributed by atoms with Gasteiger partial charge in [0.2, 0.25) is 5.91 Å². The predicted octanol–water partition coefficient (Wildman–Crippen LogP) is 0.578. The third-order valence-corrected chi connectivity index (χ3v) is 2.11. The Labute approximate surface area is 86.2 Å². The van der Waals surface area contributed by atoms with Gasteiger partial charge in [0, 0.05) is 12.5 Å². The third-order valence-electron chi connectivity index (χ3n) is 2.11. The van der Waals surface area contributed by atoms with Gasteiger partial charge < -0.3 is 10.0 Å². The number of hydrogen-bond acceptors (Lipinski definition) is 2. The Morgan fingerprint density at radius 3 is 2.75 bits per heavy atom. The summed E-state index contributed by atoms with van der Waals surface area (Å²) in [5.74, 6) is -1.07. The first-order valence-corrected chi connectivity index (χ1v) is 3.45. The molecule has 0 aromatic heterocycles. The first kappa shape index (κ1) is 9.50. The summed E-state index contributed by atoms with van der Waals surface area (Å²) >= 11 is 0. The smallest absolute Gasteiger partial charge is 0.352 e. The Hall–Kier alpha value is -0.590. The molecule has 0 bridgehead atoms. The number of halogens is 1. The van der Waals surface area contributed by atoms with Gasteiger partial charge in [-0.15, -0.1) is 24.0 Å². The van der Waals surface area contributed by atoms with Crippen LogP contribution in [0.1, 0.15) is 12.8 Å². The van der Waals surface area contributed by atoms with Crippen molar-refractivity contribution in [3.8, 4) is 0 Å². The second kappa shape index (κ2) is 3.04. The van der Waals surface area contributed by atoms with Crippen molar-refractivity contribution in [1.29, 1.82) is 0 Å². The van der Waals surface area contributed by atoms with Crippen LogP contribution in [-0.4, -0.2) is 27.9 Å². The number of carbonyl (C=O) groups excluding carboxylic acids is 1. The van der Waals surface area contributed by atoms with Crippen molar-refractivity contribution in [1.82, 2.24) is 4.90 Å². The lowest BCUT2D eigenvalue weighted by atomic mass is 10.0. The van der Waals surface area contributed by atoms with Gasteiger partial charge in [-0.2, -0.15) is 0 Å². The highest BCUT2D eigenvalue weighted by molar-refractivity contribution is 14.0. The number of amides is 1. The molecule has 12 heavy (non-hydrogen) atoms. The van der Waals surface area contributed by atoms with Crippen LogP contribution in [0.4, 0.5) is 0 Å². The van der Waals surface area contributed by atoms with E-state index in [4.69, 9.17) is 5.11 Å². The van der Waals surface area contributed by atoms with Crippen molar-refractivity contribution in [3.05, 3.63) is 11.8 Å². The summed E-state index contributed by atoms with van der Waals surface area (Å²) in [7, 11) is 0. The summed E-state index contributed by atoms with van der Waals surface area (Å²) < 4.78 is 0. The number of fused-ring (bicyclic) bond motifs is 1. The minimum atomic E-state index is -0.999. The van der Waals surface area contributed by atoms with E-state index in [1.165, 1.54) is 4.90 Å². The number of nitrogens with zero attached hydrogens (tertiary/aromatic N) is 1. The monoisotopic (exact) mass is 281 g/mol. The van der Waals surface area contributed by atoms with Gasteiger partial charge in [-0.3, -0.25) is 4.79 Å². The van der Waals surface area contributed by atoms with Gasteiger partial charge in [-0.05, 0) is 6.42 Å². The molecule has 1 N–H and O–H groups in total. The Morgan fingerprint density at radius 2 is 2.33 bits per heavy atom. The number of carboxylic acids is 1. The van der Waals surface area contributed by atoms with Crippen LogP contribution >= 0.6 is 24.0 Å². The number of hydrogen-bond donors (Lipinski definition) is 1. The van der Waals surface area contributed by atoms with Gasteiger partial charge in [-0.25, -0.2) is 4.79 Å². The molecular weight excluding hydrogens is 273 g/mol. The van der Waals surface area contributed by atoms with E-state index < -0.39 is 5.97 Å². The first-order valence-electron chi connectivity index (χ1n) is 3.45. The van der Waals surface area contributed by atoms with Crippen molar-refractivity contribution >= 4 is 35.9 Å². The van der Waals surface area contributed by atoms with Crippen molar-refractivity contribution in [2.75, 3.05) is 0 Å². The molecule has 2 heterocycles. The summed E-state index contributed by atoms with van der Waals surface area (Å²) in [4.78, 5) is 22.7. The second-order valence-electron chi connectivity index (χ2n) is 2.75. The maximum atomic E-state index is 10.8. The molecule has 0 aromatic rings. The van der Waals surface area contributed by atoms with Gasteiger partial charge in [0.05, 0.1) is 0 Å². The molecule has 4 nitrogen and oxygen atoms in total. The molecular formula is C7H8INO3. The van der Waals surface area contributed by atoms with Gasteiger partial charge in [0.25, 0.3) is 0 Å². The van der Waals surface area contributed by atoms with Crippen LogP contribution in [0.25, 0.3) is 0 Å². The topological polar surface area (TPSA) is 57.6 Å². The van der Waals surface area contributed by atoms with Gasteiger partial charge >= 0.3 is 5.97 Å². The zero-order valence-corrected chi connectivity index (χ0v) is 8.52. The van der Waals surface area contributed by atoms with Gasteiger partial charge in [-0.1, -0.05) is 6.08 Å². The van der Waals surface area contributed by atoms with Crippen LogP contribution < -0.4 is 0 Å². The van der Waals surface area contributed by atoms with Crippen molar-refractivity contribution in [3.63, 3.8) is 0 Å². The average Bonchev–Trinajstić information content (AvgIpc) is 2.25. The fourth-order valence-corrected chi connectivity index (χ4v) is 1.54. The minimum Gasteiger partial charge on any atom is -0.477 e. The summed E-state index contributed by atoms with van der Waals surface area (Å²) in [5, 5.41) is 8.59. The zero-order valence-electron chi connectivity index (χ0n) is 6.19. The summed E-state index contributed by atoms with van der Waals surface area (Å²) in [6, 6.07) is 0.147. The fourth-order valence-electron chi connectivity index (χ4n) is 1.54. The van der Waals surface area contributed by atoms with E-state index >= 15 is 0 Å². The molecule has 1 fully saturated rings. The quantitative estimate of drug-likeness (QED) is 0.565. The SMILES string of the molecule is I.O=C(O)C1=CC[C@@H]2CC(=O)N12. The Morgan fingerprint density at radius 1 is 1.67 bits per heavy atom. The highest BCUT2D eigenvalue weighted by Crippen LogP contribution is 2.33. The number of β-lactam (4-membered cyclic amide) rings is 1. The van der Waals surface area contributed by atoms with E-state index in [0.717, 1.165) is 0 Å². The molecule has 0 spiro atoms. The van der Waals surface area contributed by atoms with Crippen LogP contribution in [0.3, 0.4) is 0 Å². The molecule has 1 amide bonds. The summed E-state index contributed by atoms with van der Waals surface area (Å²) in [6.45, 7) is 0. The Kier molecular flexibility index (Phi) is 2.41. The summed E-state index contributed by atoms with van der Waals surface area (Å²) in [5.41, 5.74) is 0.159. The third kappa shape index (κ3) is 1.12. The Balaban J connectivity index is 0.000000720. The summed E-state index contributed by atoms with van der Waals surface area (Å²) in [6.07, 6.45) is 2.82. The molecule has 2 aliphatic rings. The van der Waals surface area contributed by atoms with E-state index in [1.807, 2.05) is 0 Å². The highest BCUT2D eigenvalue weighted by Gasteiger charge is 2.43. The molecule has 0 unspecified atom stereocenters. The van der Waals surface area contributed by atoms with E-state index in [0.29, 0.717) is 12.8 Å². The number of carboxylic acid groups (broad SMARTS) is 1. The minimum absolute atomic E-state index is 0. The van der Waals surface area contributed by atoms with E-state index in [9.17, 15) is 9.59 Å². The van der Waals surface area contributed by atoms with Crippen LogP contribution in [0.5, 0.6) is 0 Å². The number of rotatable bonds is 1.